The fourth-order valence-electron chi connectivity index (χ4n) is 1.08. The molecule has 0 saturated heterocycles. The Kier molecular flexibility index (Phi) is 2.46. The summed E-state index contributed by atoms with van der Waals surface area (Å²) in [6.07, 6.45) is 4.87. The number of carbonyl (C=O) groups is 1. The number of rotatable bonds is 2. The first-order valence-corrected chi connectivity index (χ1v) is 4.25. The maximum absolute atomic E-state index is 12.5. The Labute approximate surface area is 89.1 Å². The van der Waals surface area contributed by atoms with Gasteiger partial charge in [0, 0.05) is 12.4 Å². The number of aromatic nitrogens is 4. The maximum Gasteiger partial charge on any atom is 0.278 e. The van der Waals surface area contributed by atoms with Gasteiger partial charge < -0.3 is 11.1 Å². The van der Waals surface area contributed by atoms with Gasteiger partial charge in [0.25, 0.3) is 5.91 Å². The molecule has 8 heteroatoms. The van der Waals surface area contributed by atoms with Gasteiger partial charge in [-0.2, -0.15) is 0 Å². The van der Waals surface area contributed by atoms with Gasteiger partial charge in [0.2, 0.25) is 0 Å². The van der Waals surface area contributed by atoms with Gasteiger partial charge >= 0.3 is 0 Å². The minimum atomic E-state index is -0.571. The normalized spacial score (nSPS) is 10.1. The van der Waals surface area contributed by atoms with E-state index in [2.05, 4.69) is 20.4 Å². The molecular formula is C8H7FN6O. The molecule has 2 aromatic rings. The van der Waals surface area contributed by atoms with Crippen LogP contribution >= 0.6 is 0 Å². The molecular weight excluding hydrogens is 215 g/mol. The highest BCUT2D eigenvalue weighted by atomic mass is 19.2. The average Bonchev–Trinajstić information content (AvgIpc) is 2.64. The van der Waals surface area contributed by atoms with Gasteiger partial charge in [0.1, 0.15) is 0 Å². The van der Waals surface area contributed by atoms with Crippen molar-refractivity contribution >= 4 is 17.4 Å². The first-order chi connectivity index (χ1) is 7.66. The zero-order chi connectivity index (χ0) is 11.5. The Hall–Kier alpha value is -2.51. The molecule has 0 aliphatic rings. The van der Waals surface area contributed by atoms with E-state index < -0.39 is 5.91 Å². The molecule has 2 aromatic heterocycles. The van der Waals surface area contributed by atoms with E-state index in [1.165, 1.54) is 12.4 Å². The van der Waals surface area contributed by atoms with Crippen molar-refractivity contribution in [3.8, 4) is 0 Å². The lowest BCUT2D eigenvalue weighted by Crippen LogP contribution is -2.16. The molecule has 0 spiro atoms. The Morgan fingerprint density at radius 1 is 1.44 bits per heavy atom. The van der Waals surface area contributed by atoms with Crippen molar-refractivity contribution in [1.82, 2.24) is 20.0 Å². The zero-order valence-corrected chi connectivity index (χ0v) is 7.96. The quantitative estimate of drug-likeness (QED) is 0.758. The molecule has 16 heavy (non-hydrogen) atoms. The average molecular weight is 222 g/mol. The molecule has 3 N–H and O–H groups in total. The monoisotopic (exact) mass is 222 g/mol. The van der Waals surface area contributed by atoms with Gasteiger partial charge in [-0.15, -0.1) is 10.0 Å². The SMILES string of the molecule is Nc1nccnc1C(=O)Nc1cnn(F)c1. The summed E-state index contributed by atoms with van der Waals surface area (Å²) in [5.41, 5.74) is 5.64. The summed E-state index contributed by atoms with van der Waals surface area (Å²) >= 11 is 0. The smallest absolute Gasteiger partial charge is 0.278 e. The number of carbonyl (C=O) groups excluding carboxylic acids is 1. The summed E-state index contributed by atoms with van der Waals surface area (Å²) in [4.78, 5) is 19.1. The van der Waals surface area contributed by atoms with Crippen molar-refractivity contribution < 1.29 is 9.28 Å². The highest BCUT2D eigenvalue weighted by Crippen LogP contribution is 2.09. The molecule has 0 bridgehead atoms. The van der Waals surface area contributed by atoms with Crippen molar-refractivity contribution in [3.05, 3.63) is 30.5 Å². The predicted octanol–water partition coefficient (Wildman–Crippen LogP) is 0.240. The molecule has 82 valence electrons. The van der Waals surface area contributed by atoms with E-state index in [1.54, 1.807) is 0 Å². The Morgan fingerprint density at radius 3 is 2.81 bits per heavy atom. The molecule has 1 amide bonds. The molecule has 0 aliphatic heterocycles. The molecule has 0 radical (unpaired) electrons. The van der Waals surface area contributed by atoms with E-state index in [0.29, 0.717) is 0 Å². The molecule has 0 unspecified atom stereocenters. The Balaban J connectivity index is 2.18. The molecule has 0 fully saturated rings. The fraction of sp³-hybridized carbons (Fsp3) is 0. The summed E-state index contributed by atoms with van der Waals surface area (Å²) < 4.78 is 12.5. The second-order valence-corrected chi connectivity index (χ2v) is 2.86. The summed E-state index contributed by atoms with van der Waals surface area (Å²) in [5.74, 6) is -0.564. The van der Waals surface area contributed by atoms with Crippen LogP contribution in [0.15, 0.2) is 24.8 Å². The number of anilines is 2. The molecule has 7 nitrogen and oxygen atoms in total. The lowest BCUT2D eigenvalue weighted by atomic mass is 10.3. The predicted molar refractivity (Wildman–Crippen MR) is 53.1 cm³/mol. The van der Waals surface area contributed by atoms with Crippen molar-refractivity contribution in [3.63, 3.8) is 0 Å². The van der Waals surface area contributed by atoms with Crippen LogP contribution in [0.5, 0.6) is 0 Å². The van der Waals surface area contributed by atoms with Gasteiger partial charge in [-0.1, -0.05) is 4.48 Å². The van der Waals surface area contributed by atoms with Gasteiger partial charge in [0.15, 0.2) is 11.5 Å². The molecule has 0 aromatic carbocycles. The van der Waals surface area contributed by atoms with Gasteiger partial charge in [-0.05, 0) is 0 Å². The van der Waals surface area contributed by atoms with Crippen molar-refractivity contribution in [2.24, 2.45) is 0 Å². The van der Waals surface area contributed by atoms with Crippen LogP contribution in [0.3, 0.4) is 0 Å². The van der Waals surface area contributed by atoms with Crippen LogP contribution in [0.25, 0.3) is 0 Å². The largest absolute Gasteiger partial charge is 0.382 e. The third kappa shape index (κ3) is 1.95. The third-order valence-electron chi connectivity index (χ3n) is 1.75. The standard InChI is InChI=1S/C8H7FN6O/c9-15-4-5(3-13-15)14-8(16)6-7(10)12-2-1-11-6/h1-4H,(H2,10,12)(H,14,16). The topological polar surface area (TPSA) is 98.7 Å². The molecule has 0 atom stereocenters. The molecule has 0 saturated carbocycles. The van der Waals surface area contributed by atoms with Gasteiger partial charge in [0.05, 0.1) is 18.1 Å². The van der Waals surface area contributed by atoms with Crippen molar-refractivity contribution in [1.29, 1.82) is 0 Å². The first kappa shape index (κ1) is 10.0. The maximum atomic E-state index is 12.5. The number of hydrogen-bond donors (Lipinski definition) is 2. The van der Waals surface area contributed by atoms with Crippen LogP contribution in [0, 0.1) is 0 Å². The highest BCUT2D eigenvalue weighted by Gasteiger charge is 2.12. The summed E-state index contributed by atoms with van der Waals surface area (Å²) in [5, 5.41) is 5.63. The zero-order valence-electron chi connectivity index (χ0n) is 7.96. The number of nitrogens with two attached hydrogens (primary N) is 1. The number of amides is 1. The van der Waals surface area contributed by atoms with E-state index in [-0.39, 0.29) is 22.1 Å². The van der Waals surface area contributed by atoms with Crippen LogP contribution in [0.1, 0.15) is 10.5 Å². The molecule has 2 rings (SSSR count). The summed E-state index contributed by atoms with van der Waals surface area (Å²) in [6, 6.07) is 0. The number of halogens is 1. The fourth-order valence-corrected chi connectivity index (χ4v) is 1.08. The Bertz CT molecular complexity index is 525. The number of nitrogens with zero attached hydrogens (tertiary/aromatic N) is 4. The van der Waals surface area contributed by atoms with E-state index >= 15 is 0 Å². The summed E-state index contributed by atoms with van der Waals surface area (Å²) in [7, 11) is 0. The highest BCUT2D eigenvalue weighted by molar-refractivity contribution is 6.05. The van der Waals surface area contributed by atoms with Crippen molar-refractivity contribution in [2.75, 3.05) is 11.1 Å². The number of hydrogen-bond acceptors (Lipinski definition) is 5. The van der Waals surface area contributed by atoms with Crippen molar-refractivity contribution in [2.45, 2.75) is 0 Å². The third-order valence-corrected chi connectivity index (χ3v) is 1.75. The van der Waals surface area contributed by atoms with Crippen LogP contribution < -0.4 is 11.1 Å². The van der Waals surface area contributed by atoms with Crippen LogP contribution in [0.2, 0.25) is 0 Å². The second-order valence-electron chi connectivity index (χ2n) is 2.86. The van der Waals surface area contributed by atoms with E-state index in [9.17, 15) is 9.28 Å². The van der Waals surface area contributed by atoms with E-state index in [1.807, 2.05) is 0 Å². The van der Waals surface area contributed by atoms with E-state index in [0.717, 1.165) is 12.4 Å². The second kappa shape index (κ2) is 3.93. The van der Waals surface area contributed by atoms with Crippen LogP contribution in [-0.2, 0) is 0 Å². The number of nitrogens with one attached hydrogen (secondary N) is 1. The number of nitrogen functional groups attached to an aromatic ring is 1. The minimum absolute atomic E-state index is 0.00707. The first-order valence-electron chi connectivity index (χ1n) is 4.25. The van der Waals surface area contributed by atoms with Crippen LogP contribution in [0.4, 0.5) is 16.0 Å². The van der Waals surface area contributed by atoms with Gasteiger partial charge in [-0.25, -0.2) is 9.97 Å². The van der Waals surface area contributed by atoms with E-state index in [4.69, 9.17) is 5.73 Å². The molecule has 2 heterocycles. The summed E-state index contributed by atoms with van der Waals surface area (Å²) in [6.45, 7) is 0. The lowest BCUT2D eigenvalue weighted by molar-refractivity contribution is 0.102. The molecule has 0 aliphatic carbocycles. The lowest BCUT2D eigenvalue weighted by Gasteiger charge is -2.02. The minimum Gasteiger partial charge on any atom is -0.382 e. The van der Waals surface area contributed by atoms with Crippen LogP contribution in [-0.4, -0.2) is 25.9 Å². The van der Waals surface area contributed by atoms with Gasteiger partial charge in [-0.3, -0.25) is 4.79 Å². The Morgan fingerprint density at radius 2 is 2.19 bits per heavy atom.